The summed E-state index contributed by atoms with van der Waals surface area (Å²) < 4.78 is 5.15. The lowest BCUT2D eigenvalue weighted by Gasteiger charge is -2.29. The van der Waals surface area contributed by atoms with Gasteiger partial charge in [-0.1, -0.05) is 24.3 Å². The zero-order valence-electron chi connectivity index (χ0n) is 11.4. The maximum atomic E-state index is 12.4. The van der Waals surface area contributed by atoms with Gasteiger partial charge >= 0.3 is 0 Å². The largest absolute Gasteiger partial charge is 0.497 e. The molecule has 0 saturated carbocycles. The maximum absolute atomic E-state index is 12.4. The van der Waals surface area contributed by atoms with Crippen molar-refractivity contribution in [1.29, 1.82) is 0 Å². The van der Waals surface area contributed by atoms with Crippen LogP contribution < -0.4 is 10.5 Å². The molecule has 3 rings (SSSR count). The smallest absolute Gasteiger partial charge is 0.165 e. The van der Waals surface area contributed by atoms with E-state index in [-0.39, 0.29) is 5.78 Å². The van der Waals surface area contributed by atoms with Crippen LogP contribution >= 0.6 is 0 Å². The molecule has 1 aliphatic rings. The Bertz CT molecular complexity index is 664. The van der Waals surface area contributed by atoms with E-state index in [9.17, 15) is 4.79 Å². The average Bonchev–Trinajstić information content (AvgIpc) is 2.45. The summed E-state index contributed by atoms with van der Waals surface area (Å²) in [7, 11) is 1.59. The molecule has 0 fully saturated rings. The molecular formula is C17H17NO2. The monoisotopic (exact) mass is 267 g/mol. The molecule has 2 N–H and O–H groups in total. The minimum Gasteiger partial charge on any atom is -0.497 e. The van der Waals surface area contributed by atoms with Gasteiger partial charge in [0.25, 0.3) is 0 Å². The second-order valence-corrected chi connectivity index (χ2v) is 5.18. The van der Waals surface area contributed by atoms with E-state index in [1.54, 1.807) is 25.3 Å². The minimum absolute atomic E-state index is 0.0842. The van der Waals surface area contributed by atoms with Gasteiger partial charge in [0, 0.05) is 17.7 Å². The summed E-state index contributed by atoms with van der Waals surface area (Å²) >= 11 is 0. The van der Waals surface area contributed by atoms with Crippen LogP contribution in [0.2, 0.25) is 0 Å². The number of hydrogen-bond acceptors (Lipinski definition) is 3. The molecule has 2 aromatic carbocycles. The van der Waals surface area contributed by atoms with Gasteiger partial charge in [-0.25, -0.2) is 0 Å². The second-order valence-electron chi connectivity index (χ2n) is 5.18. The number of carbonyl (C=O) groups excluding carboxylic acids is 1. The Kier molecular flexibility index (Phi) is 3.18. The standard InChI is InChI=1S/C17H17NO2/c1-20-13-6-7-16(18)15(10-13)17(19)9-12-8-11-4-2-3-5-14(11)12/h2-7,10,12H,8-9,18H2,1H3. The van der Waals surface area contributed by atoms with Crippen LogP contribution in [0.3, 0.4) is 0 Å². The molecule has 0 aliphatic heterocycles. The number of Topliss-reactive ketones (excluding diaryl/α,β-unsaturated/α-hetero) is 1. The van der Waals surface area contributed by atoms with Crippen LogP contribution in [0.1, 0.15) is 33.8 Å². The molecule has 2 aromatic rings. The van der Waals surface area contributed by atoms with Gasteiger partial charge in [-0.2, -0.15) is 0 Å². The highest BCUT2D eigenvalue weighted by atomic mass is 16.5. The molecule has 1 unspecified atom stereocenters. The zero-order valence-corrected chi connectivity index (χ0v) is 11.4. The Labute approximate surface area is 118 Å². The lowest BCUT2D eigenvalue weighted by molar-refractivity contribution is 0.0971. The van der Waals surface area contributed by atoms with Gasteiger partial charge in [-0.3, -0.25) is 4.79 Å². The van der Waals surface area contributed by atoms with Gasteiger partial charge in [0.05, 0.1) is 7.11 Å². The number of fused-ring (bicyclic) bond motifs is 1. The van der Waals surface area contributed by atoms with E-state index < -0.39 is 0 Å². The third kappa shape index (κ3) is 2.16. The van der Waals surface area contributed by atoms with Crippen molar-refractivity contribution < 1.29 is 9.53 Å². The molecule has 1 aliphatic carbocycles. The number of ketones is 1. The molecule has 0 aromatic heterocycles. The number of methoxy groups -OCH3 is 1. The molecule has 0 saturated heterocycles. The number of anilines is 1. The molecule has 0 heterocycles. The highest BCUT2D eigenvalue weighted by Crippen LogP contribution is 2.38. The summed E-state index contributed by atoms with van der Waals surface area (Å²) in [5.41, 5.74) is 9.62. The number of nitrogens with two attached hydrogens (primary N) is 1. The summed E-state index contributed by atoms with van der Waals surface area (Å²) in [5.74, 6) is 1.07. The first kappa shape index (κ1) is 12.7. The van der Waals surface area contributed by atoms with Crippen LogP contribution in [0.15, 0.2) is 42.5 Å². The Balaban J connectivity index is 1.78. The van der Waals surface area contributed by atoms with Crippen molar-refractivity contribution in [1.82, 2.24) is 0 Å². The van der Waals surface area contributed by atoms with E-state index in [4.69, 9.17) is 10.5 Å². The second kappa shape index (κ2) is 5.00. The number of benzene rings is 2. The molecule has 20 heavy (non-hydrogen) atoms. The predicted octanol–water partition coefficient (Wildman–Crippen LogP) is 3.19. The third-order valence-electron chi connectivity index (χ3n) is 3.95. The Morgan fingerprint density at radius 2 is 2.10 bits per heavy atom. The summed E-state index contributed by atoms with van der Waals surface area (Å²) in [5, 5.41) is 0. The first-order chi connectivity index (χ1) is 9.69. The van der Waals surface area contributed by atoms with Crippen molar-refractivity contribution in [2.24, 2.45) is 0 Å². The molecular weight excluding hydrogens is 250 g/mol. The maximum Gasteiger partial charge on any atom is 0.165 e. The molecule has 1 atom stereocenters. The molecule has 0 radical (unpaired) electrons. The first-order valence-electron chi connectivity index (χ1n) is 6.73. The number of hydrogen-bond donors (Lipinski definition) is 1. The first-order valence-corrected chi connectivity index (χ1v) is 6.73. The normalized spacial score (nSPS) is 16.1. The van der Waals surface area contributed by atoms with Crippen LogP contribution in [-0.4, -0.2) is 12.9 Å². The van der Waals surface area contributed by atoms with E-state index >= 15 is 0 Å². The summed E-state index contributed by atoms with van der Waals surface area (Å²) in [6.45, 7) is 0. The van der Waals surface area contributed by atoms with Crippen molar-refractivity contribution in [2.45, 2.75) is 18.8 Å². The Hall–Kier alpha value is -2.29. The van der Waals surface area contributed by atoms with Gasteiger partial charge in [-0.15, -0.1) is 0 Å². The molecule has 3 heteroatoms. The van der Waals surface area contributed by atoms with E-state index in [0.717, 1.165) is 6.42 Å². The molecule has 0 amide bonds. The third-order valence-corrected chi connectivity index (χ3v) is 3.95. The van der Waals surface area contributed by atoms with Crippen molar-refractivity contribution in [3.8, 4) is 5.75 Å². The molecule has 3 nitrogen and oxygen atoms in total. The predicted molar refractivity (Wildman–Crippen MR) is 79.2 cm³/mol. The number of rotatable bonds is 4. The molecule has 0 bridgehead atoms. The van der Waals surface area contributed by atoms with Crippen molar-refractivity contribution in [2.75, 3.05) is 12.8 Å². The van der Waals surface area contributed by atoms with Crippen molar-refractivity contribution in [3.63, 3.8) is 0 Å². The van der Waals surface area contributed by atoms with Gasteiger partial charge in [0.2, 0.25) is 0 Å². The van der Waals surface area contributed by atoms with Crippen LogP contribution in [0.5, 0.6) is 5.75 Å². The lowest BCUT2D eigenvalue weighted by Crippen LogP contribution is -2.20. The fourth-order valence-corrected chi connectivity index (χ4v) is 2.78. The fraction of sp³-hybridized carbons (Fsp3) is 0.235. The quantitative estimate of drug-likeness (QED) is 0.683. The Morgan fingerprint density at radius 1 is 1.30 bits per heavy atom. The minimum atomic E-state index is 0.0842. The molecule has 102 valence electrons. The fourth-order valence-electron chi connectivity index (χ4n) is 2.78. The average molecular weight is 267 g/mol. The van der Waals surface area contributed by atoms with Crippen molar-refractivity contribution >= 4 is 11.5 Å². The van der Waals surface area contributed by atoms with E-state index in [1.165, 1.54) is 11.1 Å². The molecule has 0 spiro atoms. The van der Waals surface area contributed by atoms with Gasteiger partial charge in [0.15, 0.2) is 5.78 Å². The van der Waals surface area contributed by atoms with Crippen LogP contribution in [0.25, 0.3) is 0 Å². The van der Waals surface area contributed by atoms with Crippen LogP contribution in [0, 0.1) is 0 Å². The van der Waals surface area contributed by atoms with Gasteiger partial charge in [-0.05, 0) is 41.7 Å². The topological polar surface area (TPSA) is 52.3 Å². The van der Waals surface area contributed by atoms with E-state index in [2.05, 4.69) is 12.1 Å². The van der Waals surface area contributed by atoms with Crippen LogP contribution in [0.4, 0.5) is 5.69 Å². The zero-order chi connectivity index (χ0) is 14.1. The summed E-state index contributed by atoms with van der Waals surface area (Å²) in [4.78, 5) is 12.4. The number of nitrogen functional groups attached to an aromatic ring is 1. The lowest BCUT2D eigenvalue weighted by atomic mass is 9.74. The van der Waals surface area contributed by atoms with Crippen LogP contribution in [-0.2, 0) is 6.42 Å². The van der Waals surface area contributed by atoms with Gasteiger partial charge in [0.1, 0.15) is 5.75 Å². The van der Waals surface area contributed by atoms with Gasteiger partial charge < -0.3 is 10.5 Å². The SMILES string of the molecule is COc1ccc(N)c(C(=O)CC2Cc3ccccc32)c1. The van der Waals surface area contributed by atoms with E-state index in [1.807, 2.05) is 12.1 Å². The highest BCUT2D eigenvalue weighted by Gasteiger charge is 2.28. The number of carbonyl (C=O) groups is 1. The van der Waals surface area contributed by atoms with E-state index in [0.29, 0.717) is 29.3 Å². The number of ether oxygens (including phenoxy) is 1. The summed E-state index contributed by atoms with van der Waals surface area (Å²) in [6, 6.07) is 13.5. The Morgan fingerprint density at radius 3 is 2.85 bits per heavy atom. The summed E-state index contributed by atoms with van der Waals surface area (Å²) in [6.07, 6.45) is 1.49. The van der Waals surface area contributed by atoms with Crippen molar-refractivity contribution in [3.05, 3.63) is 59.2 Å². The highest BCUT2D eigenvalue weighted by molar-refractivity contribution is 6.01.